The Morgan fingerprint density at radius 3 is 2.67 bits per heavy atom. The molecule has 1 heterocycles. The number of aromatic nitrogens is 2. The second kappa shape index (κ2) is 5.74. The number of hydrogen-bond acceptors (Lipinski definition) is 3. The highest BCUT2D eigenvalue weighted by Gasteiger charge is 2.43. The van der Waals surface area contributed by atoms with Crippen molar-refractivity contribution in [2.45, 2.75) is 31.9 Å². The molecule has 116 valence electrons. The molecule has 9 heteroatoms. The molecule has 1 aliphatic carbocycles. The number of aromatic carboxylic acids is 1. The fourth-order valence-corrected chi connectivity index (χ4v) is 2.45. The first-order chi connectivity index (χ1) is 9.77. The number of aromatic amines is 1. The lowest BCUT2D eigenvalue weighted by Crippen LogP contribution is -2.34. The van der Waals surface area contributed by atoms with Crippen LogP contribution in [0.2, 0.25) is 0 Å². The molecule has 2 atom stereocenters. The number of amides is 1. The Hall–Kier alpha value is -2.06. The van der Waals surface area contributed by atoms with Crippen molar-refractivity contribution in [1.82, 2.24) is 10.2 Å². The van der Waals surface area contributed by atoms with Gasteiger partial charge in [0.15, 0.2) is 5.82 Å². The highest BCUT2D eigenvalue weighted by Crippen LogP contribution is 2.40. The van der Waals surface area contributed by atoms with Crippen LogP contribution < -0.4 is 5.32 Å². The summed E-state index contributed by atoms with van der Waals surface area (Å²) in [4.78, 5) is 22.6. The van der Waals surface area contributed by atoms with Gasteiger partial charge in [0.25, 0.3) is 0 Å². The molecule has 0 radical (unpaired) electrons. The Labute approximate surface area is 117 Å². The topological polar surface area (TPSA) is 95.1 Å². The van der Waals surface area contributed by atoms with Gasteiger partial charge in [-0.05, 0) is 19.3 Å². The predicted molar refractivity (Wildman–Crippen MR) is 65.7 cm³/mol. The molecule has 0 spiro atoms. The molecule has 1 aromatic heterocycles. The van der Waals surface area contributed by atoms with E-state index >= 15 is 0 Å². The SMILES string of the molecule is O=C(O)c1cc(NC(=O)C2CCCC(C(F)(F)F)C2)n[nH]1. The van der Waals surface area contributed by atoms with E-state index in [1.807, 2.05) is 0 Å². The molecule has 0 aliphatic heterocycles. The summed E-state index contributed by atoms with van der Waals surface area (Å²) in [5.41, 5.74) is -0.206. The maximum atomic E-state index is 12.7. The zero-order valence-corrected chi connectivity index (χ0v) is 10.9. The minimum absolute atomic E-state index is 0.00784. The molecule has 1 saturated carbocycles. The van der Waals surface area contributed by atoms with E-state index in [1.165, 1.54) is 0 Å². The van der Waals surface area contributed by atoms with E-state index < -0.39 is 29.9 Å². The highest BCUT2D eigenvalue weighted by molar-refractivity contribution is 5.93. The molecule has 0 bridgehead atoms. The number of rotatable bonds is 3. The Bertz CT molecular complexity index is 541. The maximum absolute atomic E-state index is 12.7. The van der Waals surface area contributed by atoms with Crippen molar-refractivity contribution in [2.75, 3.05) is 5.32 Å². The van der Waals surface area contributed by atoms with Gasteiger partial charge in [-0.15, -0.1) is 0 Å². The van der Waals surface area contributed by atoms with E-state index in [9.17, 15) is 22.8 Å². The summed E-state index contributed by atoms with van der Waals surface area (Å²) in [6.45, 7) is 0. The van der Waals surface area contributed by atoms with E-state index in [1.54, 1.807) is 0 Å². The summed E-state index contributed by atoms with van der Waals surface area (Å²) < 4.78 is 38.0. The molecule has 21 heavy (non-hydrogen) atoms. The number of carbonyl (C=O) groups excluding carboxylic acids is 1. The van der Waals surface area contributed by atoms with Crippen molar-refractivity contribution >= 4 is 17.7 Å². The molecule has 1 fully saturated rings. The Morgan fingerprint density at radius 2 is 2.10 bits per heavy atom. The van der Waals surface area contributed by atoms with E-state index in [-0.39, 0.29) is 24.4 Å². The summed E-state index contributed by atoms with van der Waals surface area (Å²) in [6, 6.07) is 1.12. The number of anilines is 1. The molecule has 1 aromatic rings. The largest absolute Gasteiger partial charge is 0.477 e. The number of alkyl halides is 3. The molecular weight excluding hydrogens is 291 g/mol. The smallest absolute Gasteiger partial charge is 0.391 e. The van der Waals surface area contributed by atoms with Crippen molar-refractivity contribution in [3.63, 3.8) is 0 Å². The van der Waals surface area contributed by atoms with Crippen LogP contribution in [-0.4, -0.2) is 33.4 Å². The predicted octanol–water partition coefficient (Wildman–Crippen LogP) is 2.42. The Balaban J connectivity index is 1.97. The highest BCUT2D eigenvalue weighted by atomic mass is 19.4. The fraction of sp³-hybridized carbons (Fsp3) is 0.583. The summed E-state index contributed by atoms with van der Waals surface area (Å²) in [6.07, 6.45) is -3.77. The summed E-state index contributed by atoms with van der Waals surface area (Å²) >= 11 is 0. The average Bonchev–Trinajstić information content (AvgIpc) is 2.86. The molecular formula is C12H14F3N3O3. The number of H-pyrrole nitrogens is 1. The van der Waals surface area contributed by atoms with Crippen LogP contribution in [-0.2, 0) is 4.79 Å². The molecule has 2 rings (SSSR count). The van der Waals surface area contributed by atoms with Crippen LogP contribution in [0, 0.1) is 11.8 Å². The number of carboxylic acid groups (broad SMARTS) is 1. The zero-order valence-electron chi connectivity index (χ0n) is 10.9. The minimum atomic E-state index is -4.29. The van der Waals surface area contributed by atoms with Gasteiger partial charge in [0.2, 0.25) is 5.91 Å². The molecule has 0 saturated heterocycles. The van der Waals surface area contributed by atoms with Crippen molar-refractivity contribution < 1.29 is 27.9 Å². The first kappa shape index (κ1) is 15.3. The number of halogens is 3. The first-order valence-electron chi connectivity index (χ1n) is 6.43. The molecule has 1 amide bonds. The Kier molecular flexibility index (Phi) is 4.19. The number of carbonyl (C=O) groups is 2. The molecule has 6 nitrogen and oxygen atoms in total. The molecule has 3 N–H and O–H groups in total. The van der Waals surface area contributed by atoms with Gasteiger partial charge in [-0.3, -0.25) is 9.89 Å². The fourth-order valence-electron chi connectivity index (χ4n) is 2.45. The lowest BCUT2D eigenvalue weighted by atomic mass is 9.80. The van der Waals surface area contributed by atoms with Crippen molar-refractivity contribution in [2.24, 2.45) is 11.8 Å². The van der Waals surface area contributed by atoms with Crippen molar-refractivity contribution in [3.8, 4) is 0 Å². The number of nitrogens with one attached hydrogen (secondary N) is 2. The monoisotopic (exact) mass is 305 g/mol. The van der Waals surface area contributed by atoms with Gasteiger partial charge in [0, 0.05) is 12.0 Å². The lowest BCUT2D eigenvalue weighted by molar-refractivity contribution is -0.185. The molecule has 0 aromatic carbocycles. The third-order valence-electron chi connectivity index (χ3n) is 3.57. The van der Waals surface area contributed by atoms with Crippen molar-refractivity contribution in [3.05, 3.63) is 11.8 Å². The third-order valence-corrected chi connectivity index (χ3v) is 3.57. The van der Waals surface area contributed by atoms with Crippen molar-refractivity contribution in [1.29, 1.82) is 0 Å². The van der Waals surface area contributed by atoms with Gasteiger partial charge in [0.05, 0.1) is 5.92 Å². The first-order valence-corrected chi connectivity index (χ1v) is 6.43. The quantitative estimate of drug-likeness (QED) is 0.799. The normalized spacial score (nSPS) is 22.8. The van der Waals surface area contributed by atoms with E-state index in [0.717, 1.165) is 6.07 Å². The Morgan fingerprint density at radius 1 is 1.38 bits per heavy atom. The van der Waals surface area contributed by atoms with Gasteiger partial charge in [-0.2, -0.15) is 18.3 Å². The van der Waals surface area contributed by atoms with Gasteiger partial charge in [-0.25, -0.2) is 4.79 Å². The van der Waals surface area contributed by atoms with Gasteiger partial charge in [0.1, 0.15) is 5.69 Å². The summed E-state index contributed by atoms with van der Waals surface area (Å²) in [5.74, 6) is -4.01. The summed E-state index contributed by atoms with van der Waals surface area (Å²) in [5, 5.41) is 16.8. The van der Waals surface area contributed by atoms with Crippen LogP contribution in [0.3, 0.4) is 0 Å². The van der Waals surface area contributed by atoms with Crippen LogP contribution >= 0.6 is 0 Å². The number of nitrogens with zero attached hydrogens (tertiary/aromatic N) is 1. The second-order valence-electron chi connectivity index (χ2n) is 5.06. The second-order valence-corrected chi connectivity index (χ2v) is 5.06. The van der Waals surface area contributed by atoms with Crippen LogP contribution in [0.5, 0.6) is 0 Å². The minimum Gasteiger partial charge on any atom is -0.477 e. The van der Waals surface area contributed by atoms with Gasteiger partial charge < -0.3 is 10.4 Å². The lowest BCUT2D eigenvalue weighted by Gasteiger charge is -2.29. The molecule has 1 aliphatic rings. The van der Waals surface area contributed by atoms with E-state index in [4.69, 9.17) is 5.11 Å². The van der Waals surface area contributed by atoms with E-state index in [0.29, 0.717) is 12.8 Å². The van der Waals surface area contributed by atoms with Crippen LogP contribution in [0.15, 0.2) is 6.07 Å². The number of hydrogen-bond donors (Lipinski definition) is 3. The van der Waals surface area contributed by atoms with E-state index in [2.05, 4.69) is 15.5 Å². The van der Waals surface area contributed by atoms with Gasteiger partial charge >= 0.3 is 12.1 Å². The molecule has 2 unspecified atom stereocenters. The zero-order chi connectivity index (χ0) is 15.6. The average molecular weight is 305 g/mol. The maximum Gasteiger partial charge on any atom is 0.391 e. The van der Waals surface area contributed by atoms with Crippen LogP contribution in [0.25, 0.3) is 0 Å². The third kappa shape index (κ3) is 3.73. The van der Waals surface area contributed by atoms with Crippen LogP contribution in [0.1, 0.15) is 36.2 Å². The standard InChI is InChI=1S/C12H14F3N3O3/c13-12(14,15)7-3-1-2-6(4-7)10(19)16-9-5-8(11(20)21)17-18-9/h5-7H,1-4H2,(H,20,21)(H2,16,17,18,19). The van der Waals surface area contributed by atoms with Gasteiger partial charge in [-0.1, -0.05) is 6.42 Å². The number of carboxylic acids is 1. The summed E-state index contributed by atoms with van der Waals surface area (Å²) in [7, 11) is 0. The van der Waals surface area contributed by atoms with Crippen LogP contribution in [0.4, 0.5) is 19.0 Å².